The number of pyridine rings is 2. The van der Waals surface area contributed by atoms with Gasteiger partial charge in [0.2, 0.25) is 0 Å². The average molecular weight is 296 g/mol. The Kier molecular flexibility index (Phi) is 4.35. The standard InChI is InChI=1S/C13H11Cl2N3O/c1-8-2-3-16-5-9(8)6-18-13(19)10-4-12(15)17-7-11(10)14/h2-5,7H,6H2,1H3,(H,18,19). The van der Waals surface area contributed by atoms with Crippen molar-refractivity contribution >= 4 is 29.1 Å². The largest absolute Gasteiger partial charge is 0.348 e. The number of carbonyl (C=O) groups is 1. The molecule has 6 heteroatoms. The van der Waals surface area contributed by atoms with Crippen LogP contribution in [-0.4, -0.2) is 15.9 Å². The van der Waals surface area contributed by atoms with Crippen LogP contribution < -0.4 is 5.32 Å². The zero-order chi connectivity index (χ0) is 13.8. The van der Waals surface area contributed by atoms with Crippen LogP contribution >= 0.6 is 23.2 Å². The molecule has 19 heavy (non-hydrogen) atoms. The summed E-state index contributed by atoms with van der Waals surface area (Å²) < 4.78 is 0. The Morgan fingerprint density at radius 2 is 2.16 bits per heavy atom. The highest BCUT2D eigenvalue weighted by atomic mass is 35.5. The first-order valence-electron chi connectivity index (χ1n) is 5.56. The van der Waals surface area contributed by atoms with Crippen molar-refractivity contribution in [2.75, 3.05) is 0 Å². The summed E-state index contributed by atoms with van der Waals surface area (Å²) in [6.07, 6.45) is 4.78. The van der Waals surface area contributed by atoms with Crippen molar-refractivity contribution in [3.63, 3.8) is 0 Å². The van der Waals surface area contributed by atoms with Crippen molar-refractivity contribution in [1.82, 2.24) is 15.3 Å². The number of amides is 1. The van der Waals surface area contributed by atoms with Gasteiger partial charge in [-0.3, -0.25) is 9.78 Å². The summed E-state index contributed by atoms with van der Waals surface area (Å²) >= 11 is 11.7. The van der Waals surface area contributed by atoms with E-state index in [1.165, 1.54) is 12.3 Å². The highest BCUT2D eigenvalue weighted by molar-refractivity contribution is 6.35. The second kappa shape index (κ2) is 5.99. The van der Waals surface area contributed by atoms with Crippen LogP contribution in [-0.2, 0) is 6.54 Å². The minimum atomic E-state index is -0.294. The third kappa shape index (κ3) is 3.43. The van der Waals surface area contributed by atoms with E-state index < -0.39 is 0 Å². The summed E-state index contributed by atoms with van der Waals surface area (Å²) in [6.45, 7) is 2.34. The minimum absolute atomic E-state index is 0.229. The van der Waals surface area contributed by atoms with Crippen LogP contribution in [0.25, 0.3) is 0 Å². The lowest BCUT2D eigenvalue weighted by Gasteiger charge is -2.08. The number of aryl methyl sites for hydroxylation is 1. The van der Waals surface area contributed by atoms with Crippen LogP contribution in [0.3, 0.4) is 0 Å². The molecule has 0 aromatic carbocycles. The van der Waals surface area contributed by atoms with Crippen molar-refractivity contribution in [2.45, 2.75) is 13.5 Å². The van der Waals surface area contributed by atoms with Gasteiger partial charge in [0.15, 0.2) is 0 Å². The molecule has 2 rings (SSSR count). The van der Waals surface area contributed by atoms with E-state index in [2.05, 4.69) is 15.3 Å². The van der Waals surface area contributed by atoms with Crippen molar-refractivity contribution < 1.29 is 4.79 Å². The molecule has 0 unspecified atom stereocenters. The molecule has 0 aliphatic rings. The van der Waals surface area contributed by atoms with E-state index in [-0.39, 0.29) is 16.1 Å². The molecule has 0 saturated heterocycles. The zero-order valence-corrected chi connectivity index (χ0v) is 11.7. The highest BCUT2D eigenvalue weighted by Gasteiger charge is 2.11. The maximum atomic E-state index is 12.0. The second-order valence-corrected chi connectivity index (χ2v) is 4.77. The lowest BCUT2D eigenvalue weighted by atomic mass is 10.1. The van der Waals surface area contributed by atoms with Gasteiger partial charge in [-0.2, -0.15) is 0 Å². The number of halogens is 2. The third-order valence-electron chi connectivity index (χ3n) is 2.65. The molecule has 1 N–H and O–H groups in total. The summed E-state index contributed by atoms with van der Waals surface area (Å²) in [6, 6.07) is 3.33. The minimum Gasteiger partial charge on any atom is -0.348 e. The highest BCUT2D eigenvalue weighted by Crippen LogP contribution is 2.18. The smallest absolute Gasteiger partial charge is 0.253 e. The monoisotopic (exact) mass is 295 g/mol. The molecule has 2 aromatic rings. The van der Waals surface area contributed by atoms with E-state index in [0.717, 1.165) is 11.1 Å². The number of hydrogen-bond acceptors (Lipinski definition) is 3. The molecule has 1 amide bonds. The number of nitrogens with one attached hydrogen (secondary N) is 1. The summed E-state index contributed by atoms with van der Waals surface area (Å²) in [5.41, 5.74) is 2.32. The van der Waals surface area contributed by atoms with Gasteiger partial charge in [0.05, 0.1) is 10.6 Å². The zero-order valence-electron chi connectivity index (χ0n) is 10.2. The van der Waals surface area contributed by atoms with Gasteiger partial charge in [0, 0.05) is 25.1 Å². The predicted molar refractivity (Wildman–Crippen MR) is 74.4 cm³/mol. The lowest BCUT2D eigenvalue weighted by Crippen LogP contribution is -2.23. The van der Waals surface area contributed by atoms with E-state index in [1.807, 2.05) is 13.0 Å². The van der Waals surface area contributed by atoms with Crippen LogP contribution in [0.2, 0.25) is 10.2 Å². The van der Waals surface area contributed by atoms with Gasteiger partial charge in [-0.15, -0.1) is 0 Å². The topological polar surface area (TPSA) is 54.9 Å². The summed E-state index contributed by atoms with van der Waals surface area (Å²) in [5, 5.41) is 3.27. The molecule has 0 saturated carbocycles. The molecular weight excluding hydrogens is 285 g/mol. The van der Waals surface area contributed by atoms with Gasteiger partial charge >= 0.3 is 0 Å². The molecule has 98 valence electrons. The molecule has 2 aromatic heterocycles. The van der Waals surface area contributed by atoms with E-state index >= 15 is 0 Å². The molecule has 0 aliphatic carbocycles. The molecule has 0 fully saturated rings. The van der Waals surface area contributed by atoms with Crippen LogP contribution in [0, 0.1) is 6.92 Å². The number of rotatable bonds is 3. The molecular formula is C13H11Cl2N3O. The van der Waals surface area contributed by atoms with Crippen LogP contribution in [0.4, 0.5) is 0 Å². The molecule has 0 bridgehead atoms. The van der Waals surface area contributed by atoms with Gasteiger partial charge in [0.1, 0.15) is 5.15 Å². The maximum absolute atomic E-state index is 12.0. The van der Waals surface area contributed by atoms with Crippen LogP contribution in [0.1, 0.15) is 21.5 Å². The fourth-order valence-corrected chi connectivity index (χ4v) is 1.89. The second-order valence-electron chi connectivity index (χ2n) is 3.97. The Morgan fingerprint density at radius 1 is 1.37 bits per heavy atom. The van der Waals surface area contributed by atoms with Crippen LogP contribution in [0.5, 0.6) is 0 Å². The van der Waals surface area contributed by atoms with Gasteiger partial charge < -0.3 is 5.32 Å². The van der Waals surface area contributed by atoms with E-state index in [0.29, 0.717) is 12.1 Å². The van der Waals surface area contributed by atoms with Crippen molar-refractivity contribution in [3.05, 3.63) is 57.6 Å². The Bertz CT molecular complexity index is 617. The van der Waals surface area contributed by atoms with Crippen molar-refractivity contribution in [2.24, 2.45) is 0 Å². The Hall–Kier alpha value is -1.65. The van der Waals surface area contributed by atoms with Gasteiger partial charge in [0.25, 0.3) is 5.91 Å². The van der Waals surface area contributed by atoms with Gasteiger partial charge in [-0.25, -0.2) is 4.98 Å². The third-order valence-corrected chi connectivity index (χ3v) is 3.16. The summed E-state index contributed by atoms with van der Waals surface area (Å²) in [4.78, 5) is 19.8. The molecule has 0 radical (unpaired) electrons. The molecule has 0 aliphatic heterocycles. The first-order chi connectivity index (χ1) is 9.08. The first-order valence-corrected chi connectivity index (χ1v) is 6.32. The number of carbonyl (C=O) groups excluding carboxylic acids is 1. The van der Waals surface area contributed by atoms with Gasteiger partial charge in [-0.1, -0.05) is 23.2 Å². The van der Waals surface area contributed by atoms with Crippen LogP contribution in [0.15, 0.2) is 30.7 Å². The van der Waals surface area contributed by atoms with Crippen molar-refractivity contribution in [3.8, 4) is 0 Å². The van der Waals surface area contributed by atoms with E-state index in [1.54, 1.807) is 12.4 Å². The Morgan fingerprint density at radius 3 is 2.89 bits per heavy atom. The molecule has 2 heterocycles. The SMILES string of the molecule is Cc1ccncc1CNC(=O)c1cc(Cl)ncc1Cl. The molecule has 4 nitrogen and oxygen atoms in total. The van der Waals surface area contributed by atoms with E-state index in [4.69, 9.17) is 23.2 Å². The first kappa shape index (κ1) is 13.8. The number of hydrogen-bond donors (Lipinski definition) is 1. The van der Waals surface area contributed by atoms with E-state index in [9.17, 15) is 4.79 Å². The Balaban J connectivity index is 2.10. The van der Waals surface area contributed by atoms with Gasteiger partial charge in [-0.05, 0) is 30.2 Å². The summed E-state index contributed by atoms with van der Waals surface area (Å²) in [7, 11) is 0. The Labute approximate surface area is 120 Å². The molecule has 0 spiro atoms. The number of aromatic nitrogens is 2. The normalized spacial score (nSPS) is 10.3. The fourth-order valence-electron chi connectivity index (χ4n) is 1.54. The lowest BCUT2D eigenvalue weighted by molar-refractivity contribution is 0.0951. The average Bonchev–Trinajstić information content (AvgIpc) is 2.40. The predicted octanol–water partition coefficient (Wildman–Crippen LogP) is 3.02. The molecule has 0 atom stereocenters. The van der Waals surface area contributed by atoms with Crippen molar-refractivity contribution in [1.29, 1.82) is 0 Å². The summed E-state index contributed by atoms with van der Waals surface area (Å²) in [5.74, 6) is -0.294. The fraction of sp³-hybridized carbons (Fsp3) is 0.154. The quantitative estimate of drug-likeness (QED) is 0.886. The maximum Gasteiger partial charge on any atom is 0.253 e. The number of nitrogens with zero attached hydrogens (tertiary/aromatic N) is 2.